The highest BCUT2D eigenvalue weighted by molar-refractivity contribution is 6.06. The zero-order valence-electron chi connectivity index (χ0n) is 25.9. The molecule has 2 saturated heterocycles. The van der Waals surface area contributed by atoms with E-state index in [9.17, 15) is 9.18 Å². The Morgan fingerprint density at radius 2 is 1.98 bits per heavy atom. The molecule has 8 nitrogen and oxygen atoms in total. The molecule has 1 atom stereocenters. The number of nitrogens with zero attached hydrogens (tertiary/aromatic N) is 4. The van der Waals surface area contributed by atoms with Gasteiger partial charge in [-0.3, -0.25) is 9.69 Å². The van der Waals surface area contributed by atoms with Crippen LogP contribution in [0, 0.1) is 11.2 Å². The molecule has 1 unspecified atom stereocenters. The van der Waals surface area contributed by atoms with E-state index in [0.29, 0.717) is 19.0 Å². The first kappa shape index (κ1) is 29.2. The lowest BCUT2D eigenvalue weighted by molar-refractivity contribution is -0.144. The van der Waals surface area contributed by atoms with Crippen molar-refractivity contribution < 1.29 is 23.4 Å². The molecule has 9 heteroatoms. The minimum absolute atomic E-state index is 0.0483. The van der Waals surface area contributed by atoms with Gasteiger partial charge in [0.1, 0.15) is 11.9 Å². The highest BCUT2D eigenvalue weighted by atomic mass is 19.1. The van der Waals surface area contributed by atoms with E-state index in [0.717, 1.165) is 96.7 Å². The third-order valence-corrected chi connectivity index (χ3v) is 9.60. The molecule has 2 aliphatic heterocycles. The maximum atomic E-state index is 14.0. The van der Waals surface area contributed by atoms with E-state index in [-0.39, 0.29) is 35.5 Å². The molecule has 2 aromatic carbocycles. The van der Waals surface area contributed by atoms with Crippen molar-refractivity contribution in [2.75, 3.05) is 32.8 Å². The van der Waals surface area contributed by atoms with Gasteiger partial charge in [-0.2, -0.15) is 5.10 Å². The molecule has 4 heterocycles. The normalized spacial score (nSPS) is 23.9. The van der Waals surface area contributed by atoms with Gasteiger partial charge in [-0.1, -0.05) is 26.0 Å². The van der Waals surface area contributed by atoms with Crippen molar-refractivity contribution in [3.63, 3.8) is 0 Å². The van der Waals surface area contributed by atoms with Gasteiger partial charge in [-0.15, -0.1) is 0 Å². The van der Waals surface area contributed by atoms with Crippen LogP contribution < -0.4 is 4.74 Å². The monoisotopic (exact) mass is 600 g/mol. The van der Waals surface area contributed by atoms with Crippen LogP contribution in [0.1, 0.15) is 77.1 Å². The fourth-order valence-electron chi connectivity index (χ4n) is 7.45. The Hall–Kier alpha value is -3.56. The van der Waals surface area contributed by atoms with Gasteiger partial charge in [-0.05, 0) is 98.5 Å². The van der Waals surface area contributed by atoms with Crippen molar-refractivity contribution in [1.82, 2.24) is 19.7 Å². The summed E-state index contributed by atoms with van der Waals surface area (Å²) < 4.78 is 34.0. The first-order valence-electron chi connectivity index (χ1n) is 16.1. The van der Waals surface area contributed by atoms with Gasteiger partial charge >= 0.3 is 5.97 Å². The highest BCUT2D eigenvalue weighted by Crippen LogP contribution is 2.50. The molecule has 0 bridgehead atoms. The highest BCUT2D eigenvalue weighted by Gasteiger charge is 2.50. The summed E-state index contributed by atoms with van der Waals surface area (Å²) in [6, 6.07) is 11.0. The molecule has 232 valence electrons. The first-order valence-corrected chi connectivity index (χ1v) is 16.1. The summed E-state index contributed by atoms with van der Waals surface area (Å²) >= 11 is 0. The topological polar surface area (TPSA) is 78.7 Å². The number of rotatable bonds is 8. The van der Waals surface area contributed by atoms with Crippen molar-refractivity contribution in [2.45, 2.75) is 77.5 Å². The van der Waals surface area contributed by atoms with E-state index in [2.05, 4.69) is 30.9 Å². The Morgan fingerprint density at radius 1 is 1.16 bits per heavy atom. The van der Waals surface area contributed by atoms with Gasteiger partial charge in [0.05, 0.1) is 30.6 Å². The fourth-order valence-corrected chi connectivity index (χ4v) is 7.45. The van der Waals surface area contributed by atoms with E-state index >= 15 is 0 Å². The Labute approximate surface area is 257 Å². The fraction of sp³-hybridized carbons (Fsp3) is 0.514. The molecular formula is C35H41FN4O4. The minimum atomic E-state index is -0.264. The smallest absolute Gasteiger partial charge is 0.320 e. The van der Waals surface area contributed by atoms with E-state index in [4.69, 9.17) is 24.3 Å². The zero-order chi connectivity index (χ0) is 30.4. The largest absolute Gasteiger partial charge is 0.474 e. The third kappa shape index (κ3) is 5.45. The van der Waals surface area contributed by atoms with E-state index in [1.165, 1.54) is 12.1 Å². The number of hydrogen-bond donors (Lipinski definition) is 0. The van der Waals surface area contributed by atoms with Gasteiger partial charge in [-0.25, -0.2) is 14.1 Å². The van der Waals surface area contributed by atoms with Crippen molar-refractivity contribution >= 4 is 27.6 Å². The molecular weight excluding hydrogens is 559 g/mol. The standard InChI is InChI=1S/C35H41FN4O4/c1-4-42-31(41)20-39-13-12-35(21-39)17-26(18-35)44-34-28-16-29-24(19-37-40(29)30-7-5-6-14-43-30)15-27(28)32(33(38-34)22(2)3)23-8-10-25(36)11-9-23/h8-11,15-16,19,22,26,30H,4-7,12-14,17-18,20-21H2,1-3H3. The Kier molecular flexibility index (Phi) is 7.79. The predicted molar refractivity (Wildman–Crippen MR) is 167 cm³/mol. The maximum absolute atomic E-state index is 14.0. The maximum Gasteiger partial charge on any atom is 0.320 e. The molecule has 44 heavy (non-hydrogen) atoms. The lowest BCUT2D eigenvalue weighted by atomic mass is 9.66. The van der Waals surface area contributed by atoms with Crippen LogP contribution >= 0.6 is 0 Å². The summed E-state index contributed by atoms with van der Waals surface area (Å²) in [7, 11) is 0. The minimum Gasteiger partial charge on any atom is -0.474 e. The lowest BCUT2D eigenvalue weighted by Crippen LogP contribution is -2.46. The number of carbonyl (C=O) groups is 1. The van der Waals surface area contributed by atoms with Crippen molar-refractivity contribution in [3.05, 3.63) is 54.1 Å². The number of fused-ring (bicyclic) bond motifs is 2. The second-order valence-electron chi connectivity index (χ2n) is 13.1. The molecule has 0 amide bonds. The number of halogens is 1. The number of esters is 1. The molecule has 0 N–H and O–H groups in total. The Morgan fingerprint density at radius 3 is 2.70 bits per heavy atom. The molecule has 1 aliphatic carbocycles. The quantitative estimate of drug-likeness (QED) is 0.201. The van der Waals surface area contributed by atoms with Crippen LogP contribution in [0.4, 0.5) is 4.39 Å². The van der Waals surface area contributed by atoms with Crippen LogP contribution in [0.15, 0.2) is 42.6 Å². The summed E-state index contributed by atoms with van der Waals surface area (Å²) in [5.41, 5.74) is 4.02. The number of hydrogen-bond acceptors (Lipinski definition) is 7. The second-order valence-corrected chi connectivity index (χ2v) is 13.1. The number of benzene rings is 2. The van der Waals surface area contributed by atoms with Gasteiger partial charge < -0.3 is 14.2 Å². The Balaban J connectivity index is 1.26. The van der Waals surface area contributed by atoms with E-state index < -0.39 is 0 Å². The number of aromatic nitrogens is 3. The summed E-state index contributed by atoms with van der Waals surface area (Å²) in [5.74, 6) is 0.337. The average Bonchev–Trinajstić information content (AvgIpc) is 3.61. The van der Waals surface area contributed by atoms with Crippen LogP contribution in [0.2, 0.25) is 0 Å². The van der Waals surface area contributed by atoms with Crippen molar-refractivity contribution in [3.8, 4) is 17.0 Å². The van der Waals surface area contributed by atoms with Crippen LogP contribution in [-0.2, 0) is 14.3 Å². The molecule has 0 radical (unpaired) electrons. The van der Waals surface area contributed by atoms with Gasteiger partial charge in [0.25, 0.3) is 0 Å². The van der Waals surface area contributed by atoms with Crippen molar-refractivity contribution in [2.24, 2.45) is 5.41 Å². The number of pyridine rings is 1. The van der Waals surface area contributed by atoms with Crippen LogP contribution in [-0.4, -0.2) is 64.6 Å². The average molecular weight is 601 g/mol. The summed E-state index contributed by atoms with van der Waals surface area (Å²) in [4.78, 5) is 19.5. The SMILES string of the molecule is CCOC(=O)CN1CCC2(CC(Oc3nc(C(C)C)c(-c4ccc(F)cc4)c4cc5cnn(C6CCCCO6)c5cc34)C2)C1. The predicted octanol–water partition coefficient (Wildman–Crippen LogP) is 7.01. The van der Waals surface area contributed by atoms with Crippen molar-refractivity contribution in [1.29, 1.82) is 0 Å². The van der Waals surface area contributed by atoms with Crippen LogP contribution in [0.25, 0.3) is 32.8 Å². The number of carbonyl (C=O) groups excluding carboxylic acids is 1. The summed E-state index contributed by atoms with van der Waals surface area (Å²) in [5, 5.41) is 7.74. The summed E-state index contributed by atoms with van der Waals surface area (Å²) in [6.07, 6.45) is 7.91. The molecule has 1 saturated carbocycles. The second kappa shape index (κ2) is 11.7. The molecule has 3 aliphatic rings. The molecule has 3 fully saturated rings. The molecule has 1 spiro atoms. The summed E-state index contributed by atoms with van der Waals surface area (Å²) in [6.45, 7) is 9.41. The van der Waals surface area contributed by atoms with E-state index in [1.54, 1.807) is 0 Å². The Bertz CT molecular complexity index is 1670. The lowest BCUT2D eigenvalue weighted by Gasteiger charge is -2.44. The van der Waals surface area contributed by atoms with E-state index in [1.807, 2.05) is 29.9 Å². The molecule has 7 rings (SSSR count). The number of likely N-dealkylation sites (tertiary alicyclic amines) is 1. The van der Waals surface area contributed by atoms with Crippen LogP contribution in [0.3, 0.4) is 0 Å². The molecule has 4 aromatic rings. The number of ether oxygens (including phenoxy) is 3. The van der Waals surface area contributed by atoms with Gasteiger partial charge in [0.2, 0.25) is 5.88 Å². The zero-order valence-corrected chi connectivity index (χ0v) is 25.9. The van der Waals surface area contributed by atoms with Gasteiger partial charge in [0, 0.05) is 29.5 Å². The van der Waals surface area contributed by atoms with Gasteiger partial charge in [0.15, 0.2) is 6.23 Å². The first-order chi connectivity index (χ1) is 21.3. The third-order valence-electron chi connectivity index (χ3n) is 9.60. The van der Waals surface area contributed by atoms with Crippen LogP contribution in [0.5, 0.6) is 5.88 Å². The molecule has 2 aromatic heterocycles.